The Bertz CT molecular complexity index is 867. The minimum Gasteiger partial charge on any atom is -0.464 e. The number of rotatable bonds is 11. The second-order valence-corrected chi connectivity index (χ2v) is 8.39. The zero-order valence-electron chi connectivity index (χ0n) is 18.5. The number of methoxy groups -OCH3 is 1. The quantitative estimate of drug-likeness (QED) is 0.483. The molecule has 0 aliphatic heterocycles. The van der Waals surface area contributed by atoms with Gasteiger partial charge in [0.1, 0.15) is 17.3 Å². The standard InChI is InChI=1S/C23H30ClFN2O4/c1-17-5-10-20(31-17)14-27(13-18-6-8-19(25)9-7-18)21(28)15-26(11-12-30-4)22(29)23(2,3)16-24/h5-10H,11-16H2,1-4H3. The minimum absolute atomic E-state index is 0.122. The summed E-state index contributed by atoms with van der Waals surface area (Å²) in [6.45, 7) is 6.25. The summed E-state index contributed by atoms with van der Waals surface area (Å²) in [6, 6.07) is 9.61. The molecule has 0 aliphatic carbocycles. The van der Waals surface area contributed by atoms with E-state index < -0.39 is 5.41 Å². The Morgan fingerprint density at radius 2 is 1.77 bits per heavy atom. The van der Waals surface area contributed by atoms with Crippen molar-refractivity contribution in [3.05, 3.63) is 59.3 Å². The van der Waals surface area contributed by atoms with Crippen molar-refractivity contribution in [2.75, 3.05) is 32.7 Å². The zero-order valence-corrected chi connectivity index (χ0v) is 19.2. The van der Waals surface area contributed by atoms with Gasteiger partial charge in [0.25, 0.3) is 0 Å². The summed E-state index contributed by atoms with van der Waals surface area (Å²) in [5.41, 5.74) is -0.0379. The molecule has 0 N–H and O–H groups in total. The molecule has 1 heterocycles. The lowest BCUT2D eigenvalue weighted by atomic mass is 9.94. The van der Waals surface area contributed by atoms with E-state index >= 15 is 0 Å². The van der Waals surface area contributed by atoms with Crippen LogP contribution < -0.4 is 0 Å². The van der Waals surface area contributed by atoms with Crippen LogP contribution in [0.15, 0.2) is 40.8 Å². The molecular formula is C23H30ClFN2O4. The van der Waals surface area contributed by atoms with E-state index in [9.17, 15) is 14.0 Å². The van der Waals surface area contributed by atoms with E-state index in [1.54, 1.807) is 30.9 Å². The topological polar surface area (TPSA) is 63.0 Å². The highest BCUT2D eigenvalue weighted by atomic mass is 35.5. The number of carbonyl (C=O) groups is 2. The normalized spacial score (nSPS) is 11.4. The molecule has 2 amide bonds. The van der Waals surface area contributed by atoms with Crippen LogP contribution in [0.1, 0.15) is 30.9 Å². The third-order valence-electron chi connectivity index (χ3n) is 4.87. The summed E-state index contributed by atoms with van der Waals surface area (Å²) in [4.78, 5) is 29.3. The van der Waals surface area contributed by atoms with Crippen LogP contribution in [0, 0.1) is 18.2 Å². The maximum Gasteiger partial charge on any atom is 0.242 e. The lowest BCUT2D eigenvalue weighted by Crippen LogP contribution is -2.48. The molecule has 0 unspecified atom stereocenters. The van der Waals surface area contributed by atoms with Gasteiger partial charge in [0.05, 0.1) is 25.1 Å². The average Bonchev–Trinajstić information content (AvgIpc) is 3.16. The molecule has 31 heavy (non-hydrogen) atoms. The second-order valence-electron chi connectivity index (χ2n) is 8.13. The van der Waals surface area contributed by atoms with Crippen molar-refractivity contribution in [2.45, 2.75) is 33.9 Å². The maximum atomic E-state index is 13.3. The fourth-order valence-corrected chi connectivity index (χ4v) is 3.12. The molecule has 1 aromatic heterocycles. The summed E-state index contributed by atoms with van der Waals surface area (Å²) >= 11 is 5.98. The Morgan fingerprint density at radius 3 is 2.32 bits per heavy atom. The number of alkyl halides is 1. The van der Waals surface area contributed by atoms with E-state index in [4.69, 9.17) is 20.8 Å². The number of amides is 2. The summed E-state index contributed by atoms with van der Waals surface area (Å²) < 4.78 is 24.0. The van der Waals surface area contributed by atoms with Gasteiger partial charge in [-0.25, -0.2) is 4.39 Å². The van der Waals surface area contributed by atoms with Gasteiger partial charge in [-0.1, -0.05) is 12.1 Å². The number of carbonyl (C=O) groups excluding carboxylic acids is 2. The van der Waals surface area contributed by atoms with Crippen LogP contribution in [-0.2, 0) is 27.4 Å². The van der Waals surface area contributed by atoms with Gasteiger partial charge in [-0.3, -0.25) is 9.59 Å². The van der Waals surface area contributed by atoms with E-state index in [-0.39, 0.29) is 49.7 Å². The SMILES string of the molecule is COCCN(CC(=O)N(Cc1ccc(F)cc1)Cc1ccc(C)o1)C(=O)C(C)(C)CCl. The Morgan fingerprint density at radius 1 is 1.10 bits per heavy atom. The summed E-state index contributed by atoms with van der Waals surface area (Å²) in [7, 11) is 1.54. The van der Waals surface area contributed by atoms with E-state index in [2.05, 4.69) is 0 Å². The van der Waals surface area contributed by atoms with Gasteiger partial charge in [0, 0.05) is 26.1 Å². The molecule has 6 nitrogen and oxygen atoms in total. The highest BCUT2D eigenvalue weighted by Crippen LogP contribution is 2.21. The number of aryl methyl sites for hydroxylation is 1. The summed E-state index contributed by atoms with van der Waals surface area (Å²) in [5.74, 6) is 0.683. The van der Waals surface area contributed by atoms with Crippen LogP contribution in [0.3, 0.4) is 0 Å². The molecule has 8 heteroatoms. The third kappa shape index (κ3) is 7.36. The first kappa shape index (κ1) is 24.9. The number of hydrogen-bond donors (Lipinski definition) is 0. The molecular weight excluding hydrogens is 423 g/mol. The first-order valence-corrected chi connectivity index (χ1v) is 10.6. The van der Waals surface area contributed by atoms with Crippen molar-refractivity contribution in [2.24, 2.45) is 5.41 Å². The van der Waals surface area contributed by atoms with Crippen LogP contribution in [0.4, 0.5) is 4.39 Å². The predicted molar refractivity (Wildman–Crippen MR) is 117 cm³/mol. The van der Waals surface area contributed by atoms with Crippen LogP contribution in [0.25, 0.3) is 0 Å². The van der Waals surface area contributed by atoms with Gasteiger partial charge in [-0.05, 0) is 50.6 Å². The van der Waals surface area contributed by atoms with Crippen molar-refractivity contribution in [3.63, 3.8) is 0 Å². The highest BCUT2D eigenvalue weighted by Gasteiger charge is 2.33. The molecule has 0 fully saturated rings. The van der Waals surface area contributed by atoms with Gasteiger partial charge in [0.15, 0.2) is 0 Å². The van der Waals surface area contributed by atoms with Gasteiger partial charge in [-0.2, -0.15) is 0 Å². The van der Waals surface area contributed by atoms with E-state index in [1.807, 2.05) is 19.1 Å². The van der Waals surface area contributed by atoms with Crippen molar-refractivity contribution >= 4 is 23.4 Å². The molecule has 0 bridgehead atoms. The Balaban J connectivity index is 2.23. The molecule has 2 aromatic rings. The number of nitrogens with zero attached hydrogens (tertiary/aromatic N) is 2. The largest absolute Gasteiger partial charge is 0.464 e. The number of hydrogen-bond acceptors (Lipinski definition) is 4. The molecule has 0 saturated heterocycles. The average molecular weight is 453 g/mol. The fourth-order valence-electron chi connectivity index (χ4n) is 3.00. The Kier molecular flexibility index (Phi) is 9.07. The van der Waals surface area contributed by atoms with Gasteiger partial charge in [-0.15, -0.1) is 11.6 Å². The maximum absolute atomic E-state index is 13.3. The van der Waals surface area contributed by atoms with Gasteiger partial charge in [0.2, 0.25) is 11.8 Å². The van der Waals surface area contributed by atoms with Crippen LogP contribution >= 0.6 is 11.6 Å². The number of ether oxygens (including phenoxy) is 1. The lowest BCUT2D eigenvalue weighted by Gasteiger charge is -2.32. The first-order chi connectivity index (χ1) is 14.7. The van der Waals surface area contributed by atoms with Gasteiger partial charge >= 0.3 is 0 Å². The van der Waals surface area contributed by atoms with Crippen molar-refractivity contribution < 1.29 is 23.1 Å². The van der Waals surface area contributed by atoms with Crippen LogP contribution in [-0.4, -0.2) is 54.3 Å². The predicted octanol–water partition coefficient (Wildman–Crippen LogP) is 4.00. The smallest absolute Gasteiger partial charge is 0.242 e. The van der Waals surface area contributed by atoms with Crippen LogP contribution in [0.2, 0.25) is 0 Å². The summed E-state index contributed by atoms with van der Waals surface area (Å²) in [6.07, 6.45) is 0. The molecule has 170 valence electrons. The molecule has 0 radical (unpaired) electrons. The molecule has 0 atom stereocenters. The molecule has 0 spiro atoms. The number of benzene rings is 1. The second kappa shape index (κ2) is 11.3. The van der Waals surface area contributed by atoms with Crippen molar-refractivity contribution in [1.82, 2.24) is 9.80 Å². The zero-order chi connectivity index (χ0) is 23.0. The Hall–Kier alpha value is -2.38. The fraction of sp³-hybridized carbons (Fsp3) is 0.478. The molecule has 2 rings (SSSR count). The molecule has 0 aliphatic rings. The van der Waals surface area contributed by atoms with Crippen molar-refractivity contribution in [1.29, 1.82) is 0 Å². The van der Waals surface area contributed by atoms with Crippen LogP contribution in [0.5, 0.6) is 0 Å². The van der Waals surface area contributed by atoms with Crippen molar-refractivity contribution in [3.8, 4) is 0 Å². The number of halogens is 2. The molecule has 1 aromatic carbocycles. The number of furan rings is 1. The Labute approximate surface area is 187 Å². The van der Waals surface area contributed by atoms with E-state index in [0.29, 0.717) is 12.4 Å². The third-order valence-corrected chi connectivity index (χ3v) is 5.54. The lowest BCUT2D eigenvalue weighted by molar-refractivity contribution is -0.146. The van der Waals surface area contributed by atoms with E-state index in [1.165, 1.54) is 24.1 Å². The van der Waals surface area contributed by atoms with E-state index in [0.717, 1.165) is 11.3 Å². The summed E-state index contributed by atoms with van der Waals surface area (Å²) in [5, 5.41) is 0. The monoisotopic (exact) mass is 452 g/mol. The van der Waals surface area contributed by atoms with Gasteiger partial charge < -0.3 is 19.0 Å². The highest BCUT2D eigenvalue weighted by molar-refractivity contribution is 6.19. The minimum atomic E-state index is -0.810. The first-order valence-electron chi connectivity index (χ1n) is 10.1. The molecule has 0 saturated carbocycles.